The maximum Gasteiger partial charge on any atom is 0.213 e. The molecular formula is C14H18N4O2S. The van der Waals surface area contributed by atoms with E-state index in [1.54, 1.807) is 29.8 Å². The monoisotopic (exact) mass is 306 g/mol. The van der Waals surface area contributed by atoms with Gasteiger partial charge in [0.15, 0.2) is 0 Å². The zero-order valence-corrected chi connectivity index (χ0v) is 12.8. The van der Waals surface area contributed by atoms with Crippen LogP contribution in [0.5, 0.6) is 0 Å². The summed E-state index contributed by atoms with van der Waals surface area (Å²) in [6.07, 6.45) is 5.37. The Kier molecular flexibility index (Phi) is 3.77. The molecule has 21 heavy (non-hydrogen) atoms. The van der Waals surface area contributed by atoms with Crippen molar-refractivity contribution < 1.29 is 8.42 Å². The minimum atomic E-state index is -3.09. The minimum Gasteiger partial charge on any atom is -0.366 e. The van der Waals surface area contributed by atoms with Crippen molar-refractivity contribution in [2.75, 3.05) is 36.8 Å². The van der Waals surface area contributed by atoms with Gasteiger partial charge in [-0.3, -0.25) is 9.97 Å². The highest BCUT2D eigenvalue weighted by molar-refractivity contribution is 7.89. The third-order valence-corrected chi connectivity index (χ3v) is 5.71. The molecule has 3 heterocycles. The van der Waals surface area contributed by atoms with Gasteiger partial charge in [-0.25, -0.2) is 8.42 Å². The summed E-state index contributed by atoms with van der Waals surface area (Å²) in [6.45, 7) is 4.03. The maximum absolute atomic E-state index is 11.9. The molecule has 0 amide bonds. The van der Waals surface area contributed by atoms with Crippen molar-refractivity contribution in [2.24, 2.45) is 0 Å². The molecule has 0 unspecified atom stereocenters. The number of hydrogen-bond donors (Lipinski definition) is 0. The van der Waals surface area contributed by atoms with E-state index < -0.39 is 10.0 Å². The number of pyridine rings is 2. The molecule has 0 spiro atoms. The van der Waals surface area contributed by atoms with Gasteiger partial charge >= 0.3 is 0 Å². The second kappa shape index (κ2) is 5.57. The van der Waals surface area contributed by atoms with Crippen LogP contribution in [0, 0.1) is 0 Å². The van der Waals surface area contributed by atoms with Gasteiger partial charge in [-0.15, -0.1) is 0 Å². The third-order valence-electron chi connectivity index (χ3n) is 3.83. The number of nitrogens with zero attached hydrogens (tertiary/aromatic N) is 4. The van der Waals surface area contributed by atoms with E-state index in [2.05, 4.69) is 14.9 Å². The van der Waals surface area contributed by atoms with Crippen LogP contribution in [0.25, 0.3) is 10.9 Å². The third kappa shape index (κ3) is 2.71. The van der Waals surface area contributed by atoms with E-state index >= 15 is 0 Å². The zero-order valence-electron chi connectivity index (χ0n) is 11.9. The van der Waals surface area contributed by atoms with E-state index in [1.165, 1.54) is 0 Å². The Labute approximate surface area is 124 Å². The molecule has 6 nitrogen and oxygen atoms in total. The summed E-state index contributed by atoms with van der Waals surface area (Å²) in [4.78, 5) is 10.8. The molecule has 1 aliphatic heterocycles. The van der Waals surface area contributed by atoms with Gasteiger partial charge in [0, 0.05) is 44.0 Å². The van der Waals surface area contributed by atoms with E-state index in [0.717, 1.165) is 16.6 Å². The van der Waals surface area contributed by atoms with Crippen LogP contribution in [0.15, 0.2) is 30.7 Å². The molecule has 1 saturated heterocycles. The van der Waals surface area contributed by atoms with Crippen molar-refractivity contribution in [3.8, 4) is 0 Å². The number of rotatable bonds is 3. The van der Waals surface area contributed by atoms with Crippen LogP contribution in [-0.2, 0) is 10.0 Å². The Balaban J connectivity index is 1.83. The Morgan fingerprint density at radius 1 is 1.19 bits per heavy atom. The zero-order chi connectivity index (χ0) is 14.9. The molecule has 1 aliphatic rings. The molecule has 7 heteroatoms. The quantitative estimate of drug-likeness (QED) is 0.849. The van der Waals surface area contributed by atoms with Crippen LogP contribution < -0.4 is 4.90 Å². The Morgan fingerprint density at radius 2 is 1.95 bits per heavy atom. The first-order valence-corrected chi connectivity index (χ1v) is 8.64. The van der Waals surface area contributed by atoms with Gasteiger partial charge < -0.3 is 4.90 Å². The summed E-state index contributed by atoms with van der Waals surface area (Å²) in [5.41, 5.74) is 1.89. The van der Waals surface area contributed by atoms with Crippen molar-refractivity contribution in [1.29, 1.82) is 0 Å². The summed E-state index contributed by atoms with van der Waals surface area (Å²) >= 11 is 0. The topological polar surface area (TPSA) is 66.4 Å². The summed E-state index contributed by atoms with van der Waals surface area (Å²) < 4.78 is 25.4. The molecule has 0 N–H and O–H groups in total. The largest absolute Gasteiger partial charge is 0.366 e. The first-order chi connectivity index (χ1) is 10.1. The van der Waals surface area contributed by atoms with E-state index in [1.807, 2.05) is 12.1 Å². The van der Waals surface area contributed by atoms with Gasteiger partial charge in [-0.05, 0) is 19.1 Å². The molecule has 0 saturated carbocycles. The molecule has 0 radical (unpaired) electrons. The van der Waals surface area contributed by atoms with Crippen molar-refractivity contribution in [3.63, 3.8) is 0 Å². The number of hydrogen-bond acceptors (Lipinski definition) is 5. The lowest BCUT2D eigenvalue weighted by atomic mass is 10.2. The maximum atomic E-state index is 11.9. The Hall–Kier alpha value is -1.73. The van der Waals surface area contributed by atoms with Gasteiger partial charge in [0.25, 0.3) is 0 Å². The lowest BCUT2D eigenvalue weighted by Crippen LogP contribution is -2.49. The molecule has 0 bridgehead atoms. The number of anilines is 1. The van der Waals surface area contributed by atoms with Gasteiger partial charge in [0.05, 0.1) is 23.2 Å². The van der Waals surface area contributed by atoms with Gasteiger partial charge in [0.2, 0.25) is 10.0 Å². The lowest BCUT2D eigenvalue weighted by Gasteiger charge is -2.35. The molecule has 112 valence electrons. The second-order valence-electron chi connectivity index (χ2n) is 5.02. The van der Waals surface area contributed by atoms with Crippen molar-refractivity contribution >= 4 is 26.6 Å². The van der Waals surface area contributed by atoms with Crippen LogP contribution >= 0.6 is 0 Å². The van der Waals surface area contributed by atoms with Crippen LogP contribution in [0.1, 0.15) is 6.92 Å². The fourth-order valence-electron chi connectivity index (χ4n) is 2.61. The minimum absolute atomic E-state index is 0.157. The second-order valence-corrected chi connectivity index (χ2v) is 7.28. The molecule has 2 aromatic heterocycles. The van der Waals surface area contributed by atoms with Crippen LogP contribution in [0.4, 0.5) is 5.69 Å². The summed E-state index contributed by atoms with van der Waals surface area (Å²) in [6, 6.07) is 3.87. The molecular weight excluding hydrogens is 288 g/mol. The molecule has 1 fully saturated rings. The number of fused-ring (bicyclic) bond motifs is 1. The van der Waals surface area contributed by atoms with Crippen molar-refractivity contribution in [1.82, 2.24) is 14.3 Å². The SMILES string of the molecule is CCS(=O)(=O)N1CCN(c2cncc3cccnc23)CC1. The Bertz CT molecular complexity index is 734. The highest BCUT2D eigenvalue weighted by atomic mass is 32.2. The van der Waals surface area contributed by atoms with Crippen LogP contribution in [0.2, 0.25) is 0 Å². The van der Waals surface area contributed by atoms with Gasteiger partial charge in [-0.1, -0.05) is 0 Å². The first kappa shape index (κ1) is 14.2. The average Bonchev–Trinajstić information content (AvgIpc) is 2.54. The first-order valence-electron chi connectivity index (χ1n) is 7.03. The highest BCUT2D eigenvalue weighted by Crippen LogP contribution is 2.24. The summed E-state index contributed by atoms with van der Waals surface area (Å²) in [5.74, 6) is 0.157. The number of aromatic nitrogens is 2. The predicted octanol–water partition coefficient (Wildman–Crippen LogP) is 1.10. The average molecular weight is 306 g/mol. The smallest absolute Gasteiger partial charge is 0.213 e. The molecule has 0 aromatic carbocycles. The molecule has 2 aromatic rings. The standard InChI is InChI=1S/C14H18N4O2S/c1-2-21(19,20)18-8-6-17(7-9-18)13-11-15-10-12-4-3-5-16-14(12)13/h3-5,10-11H,2,6-9H2,1H3. The van der Waals surface area contributed by atoms with Crippen LogP contribution in [0.3, 0.4) is 0 Å². The van der Waals surface area contributed by atoms with E-state index in [-0.39, 0.29) is 5.75 Å². The lowest BCUT2D eigenvalue weighted by molar-refractivity contribution is 0.386. The summed E-state index contributed by atoms with van der Waals surface area (Å²) in [5, 5.41) is 0.999. The van der Waals surface area contributed by atoms with Crippen molar-refractivity contribution in [2.45, 2.75) is 6.92 Å². The Morgan fingerprint density at radius 3 is 2.67 bits per heavy atom. The van der Waals surface area contributed by atoms with E-state index in [4.69, 9.17) is 0 Å². The predicted molar refractivity (Wildman–Crippen MR) is 82.8 cm³/mol. The van der Waals surface area contributed by atoms with Gasteiger partial charge in [-0.2, -0.15) is 4.31 Å². The number of sulfonamides is 1. The van der Waals surface area contributed by atoms with E-state index in [9.17, 15) is 8.42 Å². The van der Waals surface area contributed by atoms with E-state index in [0.29, 0.717) is 26.2 Å². The van der Waals surface area contributed by atoms with Crippen LogP contribution in [-0.4, -0.2) is 54.6 Å². The van der Waals surface area contributed by atoms with Gasteiger partial charge in [0.1, 0.15) is 0 Å². The van der Waals surface area contributed by atoms with Crippen molar-refractivity contribution in [3.05, 3.63) is 30.7 Å². The number of piperazine rings is 1. The fraction of sp³-hybridized carbons (Fsp3) is 0.429. The fourth-order valence-corrected chi connectivity index (χ4v) is 3.69. The normalized spacial score (nSPS) is 17.3. The molecule has 0 aliphatic carbocycles. The molecule has 0 atom stereocenters. The summed E-state index contributed by atoms with van der Waals surface area (Å²) in [7, 11) is -3.09. The molecule has 3 rings (SSSR count). The highest BCUT2D eigenvalue weighted by Gasteiger charge is 2.26.